The normalized spacial score (nSPS) is 19.5. The highest BCUT2D eigenvalue weighted by molar-refractivity contribution is 6.42. The van der Waals surface area contributed by atoms with Crippen molar-refractivity contribution in [3.05, 3.63) is 28.2 Å². The Bertz CT molecular complexity index is 830. The quantitative estimate of drug-likeness (QED) is 0.626. The van der Waals surface area contributed by atoms with Gasteiger partial charge in [-0.1, -0.05) is 23.2 Å². The maximum Gasteiger partial charge on any atom is 0.321 e. The third-order valence-electron chi connectivity index (χ3n) is 5.99. The maximum atomic E-state index is 12.6. The lowest BCUT2D eigenvalue weighted by Crippen LogP contribution is -2.52. The molecule has 0 radical (unpaired) electrons. The van der Waals surface area contributed by atoms with E-state index >= 15 is 0 Å². The number of piperidine rings is 1. The van der Waals surface area contributed by atoms with E-state index in [0.29, 0.717) is 34.7 Å². The van der Waals surface area contributed by atoms with Crippen LogP contribution in [0.1, 0.15) is 25.7 Å². The van der Waals surface area contributed by atoms with E-state index in [0.717, 1.165) is 45.6 Å². The summed E-state index contributed by atoms with van der Waals surface area (Å²) in [6, 6.07) is 4.87. The summed E-state index contributed by atoms with van der Waals surface area (Å²) >= 11 is 11.9. The molecule has 3 rings (SSSR count). The number of nitrogens with one attached hydrogen (secondary N) is 1. The summed E-state index contributed by atoms with van der Waals surface area (Å²) in [7, 11) is 1.33. The van der Waals surface area contributed by atoms with E-state index in [4.69, 9.17) is 23.2 Å². The second-order valence-electron chi connectivity index (χ2n) is 8.27. The Hall–Kier alpha value is -2.03. The van der Waals surface area contributed by atoms with Crippen LogP contribution in [-0.4, -0.2) is 85.5 Å². The fourth-order valence-electron chi connectivity index (χ4n) is 4.18. The van der Waals surface area contributed by atoms with Crippen LogP contribution < -0.4 is 5.32 Å². The maximum absolute atomic E-state index is 12.6. The van der Waals surface area contributed by atoms with Gasteiger partial charge in [0.05, 0.1) is 23.6 Å². The lowest BCUT2D eigenvalue weighted by molar-refractivity contribution is -0.144. The van der Waals surface area contributed by atoms with Crippen molar-refractivity contribution in [3.63, 3.8) is 0 Å². The van der Waals surface area contributed by atoms with Crippen molar-refractivity contribution in [1.82, 2.24) is 14.7 Å². The van der Waals surface area contributed by atoms with Crippen LogP contribution in [0.2, 0.25) is 10.0 Å². The minimum absolute atomic E-state index is 0.0175. The van der Waals surface area contributed by atoms with Crippen molar-refractivity contribution >= 4 is 46.8 Å². The Morgan fingerprint density at radius 3 is 2.47 bits per heavy atom. The molecule has 1 aromatic carbocycles. The fourth-order valence-corrected chi connectivity index (χ4v) is 4.48. The predicted octanol–water partition coefficient (Wildman–Crippen LogP) is 3.33. The molecule has 2 fully saturated rings. The highest BCUT2D eigenvalue weighted by atomic mass is 35.5. The van der Waals surface area contributed by atoms with Gasteiger partial charge in [0.15, 0.2) is 0 Å². The van der Waals surface area contributed by atoms with Crippen molar-refractivity contribution < 1.29 is 19.1 Å². The molecule has 3 amide bonds. The van der Waals surface area contributed by atoms with Crippen LogP contribution in [0.5, 0.6) is 0 Å². The third-order valence-corrected chi connectivity index (χ3v) is 6.73. The zero-order chi connectivity index (χ0) is 23.1. The van der Waals surface area contributed by atoms with Crippen molar-refractivity contribution in [1.29, 1.82) is 0 Å². The summed E-state index contributed by atoms with van der Waals surface area (Å²) in [5.41, 5.74) is 0.617. The first-order valence-corrected chi connectivity index (χ1v) is 11.7. The number of nitrogens with zero attached hydrogens (tertiary/aromatic N) is 3. The number of anilines is 1. The van der Waals surface area contributed by atoms with Crippen molar-refractivity contribution in [2.75, 3.05) is 58.2 Å². The fraction of sp³-hybridized carbons (Fsp3) is 0.591. The number of rotatable bonds is 6. The van der Waals surface area contributed by atoms with Crippen LogP contribution in [0.3, 0.4) is 0 Å². The monoisotopic (exact) mass is 484 g/mol. The molecule has 2 heterocycles. The summed E-state index contributed by atoms with van der Waals surface area (Å²) in [5.74, 6) is 0.0688. The van der Waals surface area contributed by atoms with Crippen LogP contribution in [-0.2, 0) is 14.3 Å². The number of carbonyl (C=O) groups excluding carboxylic acids is 3. The Kier molecular flexibility index (Phi) is 9.02. The molecule has 0 bridgehead atoms. The van der Waals surface area contributed by atoms with E-state index in [-0.39, 0.29) is 30.7 Å². The van der Waals surface area contributed by atoms with Crippen LogP contribution in [0.25, 0.3) is 0 Å². The number of amides is 3. The molecule has 0 saturated carbocycles. The average molecular weight is 485 g/mol. The highest BCUT2D eigenvalue weighted by Crippen LogP contribution is 2.25. The topological polar surface area (TPSA) is 82.2 Å². The first-order chi connectivity index (χ1) is 15.4. The van der Waals surface area contributed by atoms with Crippen molar-refractivity contribution in [2.45, 2.75) is 25.7 Å². The van der Waals surface area contributed by atoms with Crippen LogP contribution in [0.4, 0.5) is 10.5 Å². The van der Waals surface area contributed by atoms with E-state index in [2.05, 4.69) is 15.0 Å². The number of carbonyl (C=O) groups is 3. The van der Waals surface area contributed by atoms with Gasteiger partial charge in [-0.25, -0.2) is 4.79 Å². The zero-order valence-electron chi connectivity index (χ0n) is 18.3. The molecule has 0 aliphatic carbocycles. The van der Waals surface area contributed by atoms with E-state index in [1.54, 1.807) is 23.1 Å². The van der Waals surface area contributed by atoms with E-state index in [9.17, 15) is 14.4 Å². The zero-order valence-corrected chi connectivity index (χ0v) is 19.8. The Morgan fingerprint density at radius 2 is 1.78 bits per heavy atom. The van der Waals surface area contributed by atoms with Crippen molar-refractivity contribution in [3.8, 4) is 0 Å². The number of hydrogen-bond donors (Lipinski definition) is 1. The minimum Gasteiger partial charge on any atom is -0.469 e. The van der Waals surface area contributed by atoms with Gasteiger partial charge >= 0.3 is 12.0 Å². The van der Waals surface area contributed by atoms with Gasteiger partial charge in [0.25, 0.3) is 0 Å². The lowest BCUT2D eigenvalue weighted by atomic mass is 9.96. The minimum atomic E-state index is -0.354. The molecule has 2 aliphatic heterocycles. The molecule has 0 spiro atoms. The van der Waals surface area contributed by atoms with Crippen LogP contribution >= 0.6 is 23.2 Å². The first-order valence-electron chi connectivity index (χ1n) is 10.9. The second-order valence-corrected chi connectivity index (χ2v) is 9.09. The molecule has 1 aromatic rings. The number of piperazine rings is 1. The number of benzene rings is 1. The molecule has 0 aromatic heterocycles. The number of hydrogen-bond acceptors (Lipinski definition) is 5. The number of ether oxygens (including phenoxy) is 1. The number of methoxy groups -OCH3 is 1. The molecular weight excluding hydrogens is 455 g/mol. The second kappa shape index (κ2) is 11.7. The number of esters is 1. The van der Waals surface area contributed by atoms with E-state index in [1.165, 1.54) is 7.11 Å². The largest absolute Gasteiger partial charge is 0.469 e. The summed E-state index contributed by atoms with van der Waals surface area (Å²) in [6.07, 6.45) is 2.38. The van der Waals surface area contributed by atoms with Crippen LogP contribution in [0.15, 0.2) is 18.2 Å². The number of likely N-dealkylation sites (tertiary alicyclic amines) is 1. The first kappa shape index (κ1) is 24.6. The Balaban J connectivity index is 1.41. The molecule has 1 N–H and O–H groups in total. The summed E-state index contributed by atoms with van der Waals surface area (Å²) in [6.45, 7) is 5.24. The van der Waals surface area contributed by atoms with Gasteiger partial charge in [-0.15, -0.1) is 0 Å². The molecule has 2 saturated heterocycles. The Labute approximate surface area is 198 Å². The summed E-state index contributed by atoms with van der Waals surface area (Å²) in [4.78, 5) is 42.3. The van der Waals surface area contributed by atoms with Gasteiger partial charge in [0.1, 0.15) is 0 Å². The molecule has 176 valence electrons. The smallest absolute Gasteiger partial charge is 0.321 e. The molecule has 10 heteroatoms. The molecule has 2 aliphatic rings. The SMILES string of the molecule is COC(=O)CCC(=O)N1CCC[C@H](CN2CCN(C(=O)Nc3ccc(Cl)c(Cl)c3)CC2)C1. The van der Waals surface area contributed by atoms with Gasteiger partial charge < -0.3 is 19.9 Å². The molecule has 8 nitrogen and oxygen atoms in total. The summed E-state index contributed by atoms with van der Waals surface area (Å²) in [5, 5.41) is 3.72. The lowest BCUT2D eigenvalue weighted by Gasteiger charge is -2.39. The van der Waals surface area contributed by atoms with E-state index in [1.807, 2.05) is 4.90 Å². The molecule has 1 atom stereocenters. The number of halogens is 2. The van der Waals surface area contributed by atoms with Crippen LogP contribution in [0, 0.1) is 5.92 Å². The summed E-state index contributed by atoms with van der Waals surface area (Å²) < 4.78 is 4.62. The number of urea groups is 1. The van der Waals surface area contributed by atoms with Gasteiger partial charge in [0, 0.05) is 57.9 Å². The average Bonchev–Trinajstić information content (AvgIpc) is 2.80. The van der Waals surface area contributed by atoms with E-state index < -0.39 is 0 Å². The molecule has 0 unspecified atom stereocenters. The van der Waals surface area contributed by atoms with Gasteiger partial charge in [-0.3, -0.25) is 14.5 Å². The van der Waals surface area contributed by atoms with Crippen molar-refractivity contribution in [2.24, 2.45) is 5.92 Å². The highest BCUT2D eigenvalue weighted by Gasteiger charge is 2.28. The molecule has 32 heavy (non-hydrogen) atoms. The third kappa shape index (κ3) is 6.98. The van der Waals surface area contributed by atoms with Gasteiger partial charge in [-0.2, -0.15) is 0 Å². The van der Waals surface area contributed by atoms with Gasteiger partial charge in [-0.05, 0) is 37.0 Å². The Morgan fingerprint density at radius 1 is 1.03 bits per heavy atom. The predicted molar refractivity (Wildman–Crippen MR) is 124 cm³/mol. The standard InChI is InChI=1S/C22H30Cl2N4O4/c1-32-21(30)7-6-20(29)28-8-2-3-16(15-28)14-26-9-11-27(12-10-26)22(31)25-17-4-5-18(23)19(24)13-17/h4-5,13,16H,2-3,6-12,14-15H2,1H3,(H,25,31)/t16-/m1/s1. The molecular formula is C22H30Cl2N4O4. The van der Waals surface area contributed by atoms with Gasteiger partial charge in [0.2, 0.25) is 5.91 Å².